The van der Waals surface area contributed by atoms with Crippen LogP contribution < -0.4 is 5.56 Å². The lowest BCUT2D eigenvalue weighted by Gasteiger charge is -1.97. The second-order valence-corrected chi connectivity index (χ2v) is 3.72. The Morgan fingerprint density at radius 1 is 1.40 bits per heavy atom. The minimum absolute atomic E-state index is 0. The number of hydrogen-bond donors (Lipinski definition) is 0. The Bertz CT molecular complexity index is 675. The molecular weight excluding hydrogens is 234 g/mol. The Balaban J connectivity index is 0.000000853. The van der Waals surface area contributed by atoms with E-state index in [2.05, 4.69) is 9.97 Å². The zero-order valence-electron chi connectivity index (χ0n) is 7.45. The molecule has 0 saturated heterocycles. The number of pyridine rings is 1. The Morgan fingerprint density at radius 3 is 3.13 bits per heavy atom. The zero-order valence-corrected chi connectivity index (χ0v) is 9.09. The Hall–Kier alpha value is -1.46. The van der Waals surface area contributed by atoms with E-state index in [0.29, 0.717) is 16.0 Å². The molecule has 4 nitrogen and oxygen atoms in total. The van der Waals surface area contributed by atoms with Crippen LogP contribution in [-0.4, -0.2) is 14.4 Å². The van der Waals surface area contributed by atoms with Gasteiger partial charge in [-0.3, -0.25) is 9.20 Å². The van der Waals surface area contributed by atoms with Crippen LogP contribution >= 0.6 is 23.7 Å². The van der Waals surface area contributed by atoms with E-state index in [-0.39, 0.29) is 18.0 Å². The molecule has 15 heavy (non-hydrogen) atoms. The van der Waals surface area contributed by atoms with Crippen molar-refractivity contribution >= 4 is 39.7 Å². The lowest BCUT2D eigenvalue weighted by Crippen LogP contribution is -2.09. The molecule has 0 aliphatic carbocycles. The van der Waals surface area contributed by atoms with Crippen molar-refractivity contribution < 1.29 is 0 Å². The lowest BCUT2D eigenvalue weighted by molar-refractivity contribution is 1.13. The van der Waals surface area contributed by atoms with Crippen molar-refractivity contribution in [3.8, 4) is 0 Å². The van der Waals surface area contributed by atoms with Crippen LogP contribution in [-0.2, 0) is 0 Å². The molecule has 0 amide bonds. The minimum atomic E-state index is -0.212. The van der Waals surface area contributed by atoms with Gasteiger partial charge in [0.05, 0.1) is 5.39 Å². The Labute approximate surface area is 94.6 Å². The van der Waals surface area contributed by atoms with Crippen molar-refractivity contribution in [1.29, 1.82) is 0 Å². The fourth-order valence-corrected chi connectivity index (χ4v) is 2.12. The first-order valence-corrected chi connectivity index (χ1v) is 4.95. The first kappa shape index (κ1) is 10.1. The predicted octanol–water partition coefficient (Wildman–Crippen LogP) is 1.73. The largest absolute Gasteiger partial charge is 0.283 e. The highest BCUT2D eigenvalue weighted by Crippen LogP contribution is 2.12. The Kier molecular flexibility index (Phi) is 2.42. The van der Waals surface area contributed by atoms with Crippen LogP contribution in [0.4, 0.5) is 0 Å². The third-order valence-corrected chi connectivity index (χ3v) is 2.79. The second kappa shape index (κ2) is 3.60. The molecule has 3 aromatic heterocycles. The zero-order chi connectivity index (χ0) is 9.54. The van der Waals surface area contributed by atoms with Gasteiger partial charge in [0.25, 0.3) is 5.56 Å². The van der Waals surface area contributed by atoms with Gasteiger partial charge in [-0.05, 0) is 12.1 Å². The summed E-state index contributed by atoms with van der Waals surface area (Å²) in [7, 11) is 0. The quantitative estimate of drug-likeness (QED) is 0.600. The molecule has 0 N–H and O–H groups in total. The molecule has 0 aliphatic rings. The highest BCUT2D eigenvalue weighted by atomic mass is 35.5. The number of thiazole rings is 1. The summed E-state index contributed by atoms with van der Waals surface area (Å²) >= 11 is 1.43. The lowest BCUT2D eigenvalue weighted by atomic mass is 10.3. The van der Waals surface area contributed by atoms with Crippen LogP contribution in [0.15, 0.2) is 34.7 Å². The van der Waals surface area contributed by atoms with E-state index in [4.69, 9.17) is 0 Å². The smallest absolute Gasteiger partial charge is 0.276 e. The van der Waals surface area contributed by atoms with Gasteiger partial charge in [-0.1, -0.05) is 0 Å². The molecule has 3 rings (SSSR count). The van der Waals surface area contributed by atoms with Crippen LogP contribution in [0.25, 0.3) is 16.0 Å². The molecule has 0 unspecified atom stereocenters. The van der Waals surface area contributed by atoms with Crippen molar-refractivity contribution in [2.75, 3.05) is 0 Å². The summed E-state index contributed by atoms with van der Waals surface area (Å²) in [5.74, 6) is 0. The molecule has 0 aliphatic heterocycles. The summed E-state index contributed by atoms with van der Waals surface area (Å²) in [6.45, 7) is 0. The standard InChI is InChI=1S/C9H5N3OS.ClH/c13-8-6-2-1-3-10-7(6)12-4-5-14-9(12)11-8;/h1-5H;1H. The maximum Gasteiger partial charge on any atom is 0.283 e. The van der Waals surface area contributed by atoms with Gasteiger partial charge in [-0.2, -0.15) is 4.98 Å². The molecule has 6 heteroatoms. The summed E-state index contributed by atoms with van der Waals surface area (Å²) < 4.78 is 1.82. The van der Waals surface area contributed by atoms with Gasteiger partial charge in [0.1, 0.15) is 0 Å². The highest BCUT2D eigenvalue weighted by Gasteiger charge is 2.05. The van der Waals surface area contributed by atoms with E-state index in [1.807, 2.05) is 16.0 Å². The molecule has 3 heterocycles. The summed E-state index contributed by atoms with van der Waals surface area (Å²) in [5.41, 5.74) is 0.458. The van der Waals surface area contributed by atoms with Gasteiger partial charge >= 0.3 is 0 Å². The summed E-state index contributed by atoms with van der Waals surface area (Å²) in [5, 5.41) is 2.44. The van der Waals surface area contributed by atoms with Gasteiger partial charge in [0.2, 0.25) is 0 Å². The first-order valence-electron chi connectivity index (χ1n) is 4.07. The number of aromatic nitrogens is 3. The molecular formula is C9H6ClN3OS. The van der Waals surface area contributed by atoms with Gasteiger partial charge in [-0.25, -0.2) is 4.98 Å². The first-order chi connectivity index (χ1) is 6.86. The van der Waals surface area contributed by atoms with E-state index in [9.17, 15) is 4.79 Å². The average molecular weight is 240 g/mol. The number of rotatable bonds is 0. The normalized spacial score (nSPS) is 10.4. The molecule has 0 bridgehead atoms. The van der Waals surface area contributed by atoms with Gasteiger partial charge < -0.3 is 0 Å². The van der Waals surface area contributed by atoms with Crippen LogP contribution in [0.1, 0.15) is 0 Å². The predicted molar refractivity (Wildman–Crippen MR) is 61.9 cm³/mol. The molecule has 0 aromatic carbocycles. The van der Waals surface area contributed by atoms with Crippen LogP contribution in [0.3, 0.4) is 0 Å². The number of fused-ring (bicyclic) bond motifs is 3. The number of hydrogen-bond acceptors (Lipinski definition) is 4. The van der Waals surface area contributed by atoms with Crippen LogP contribution in [0, 0.1) is 0 Å². The van der Waals surface area contributed by atoms with Gasteiger partial charge in [0, 0.05) is 17.8 Å². The minimum Gasteiger partial charge on any atom is -0.276 e. The summed E-state index contributed by atoms with van der Waals surface area (Å²) in [6.07, 6.45) is 3.54. The van der Waals surface area contributed by atoms with Crippen molar-refractivity contribution in [2.45, 2.75) is 0 Å². The molecule has 0 atom stereocenters. The maximum atomic E-state index is 11.5. The van der Waals surface area contributed by atoms with Crippen molar-refractivity contribution in [2.24, 2.45) is 0 Å². The van der Waals surface area contributed by atoms with Crippen LogP contribution in [0.5, 0.6) is 0 Å². The van der Waals surface area contributed by atoms with Gasteiger partial charge in [0.15, 0.2) is 10.6 Å². The van der Waals surface area contributed by atoms with E-state index in [0.717, 1.165) is 0 Å². The Morgan fingerprint density at radius 2 is 2.27 bits per heavy atom. The third-order valence-electron chi connectivity index (χ3n) is 2.03. The molecule has 0 saturated carbocycles. The second-order valence-electron chi connectivity index (χ2n) is 2.85. The summed E-state index contributed by atoms with van der Waals surface area (Å²) in [6, 6.07) is 3.48. The van der Waals surface area contributed by atoms with E-state index in [1.165, 1.54) is 11.3 Å². The fraction of sp³-hybridized carbons (Fsp3) is 0. The van der Waals surface area contributed by atoms with Crippen molar-refractivity contribution in [1.82, 2.24) is 14.4 Å². The molecule has 0 spiro atoms. The average Bonchev–Trinajstić information content (AvgIpc) is 2.66. The third kappa shape index (κ3) is 1.40. The number of nitrogens with zero attached hydrogens (tertiary/aromatic N) is 3. The molecule has 0 radical (unpaired) electrons. The monoisotopic (exact) mass is 239 g/mol. The molecule has 76 valence electrons. The maximum absolute atomic E-state index is 11.5. The molecule has 3 aromatic rings. The van der Waals surface area contributed by atoms with Crippen molar-refractivity contribution in [3.05, 3.63) is 40.3 Å². The summed E-state index contributed by atoms with van der Waals surface area (Å²) in [4.78, 5) is 20.3. The van der Waals surface area contributed by atoms with E-state index >= 15 is 0 Å². The van der Waals surface area contributed by atoms with E-state index in [1.54, 1.807) is 18.3 Å². The van der Waals surface area contributed by atoms with Gasteiger partial charge in [-0.15, -0.1) is 23.7 Å². The van der Waals surface area contributed by atoms with E-state index < -0.39 is 0 Å². The SMILES string of the molecule is Cl.O=c1nc2sccn2c2ncccc12. The topological polar surface area (TPSA) is 47.3 Å². The van der Waals surface area contributed by atoms with Crippen LogP contribution in [0.2, 0.25) is 0 Å². The fourth-order valence-electron chi connectivity index (χ4n) is 1.42. The highest BCUT2D eigenvalue weighted by molar-refractivity contribution is 7.15. The van der Waals surface area contributed by atoms with Crippen molar-refractivity contribution in [3.63, 3.8) is 0 Å². The number of halogens is 1. The molecule has 0 fully saturated rings.